The van der Waals surface area contributed by atoms with Gasteiger partial charge in [0, 0.05) is 22.0 Å². The molecule has 0 aliphatic carbocycles. The molecule has 5 rings (SSSR count). The number of aromatic nitrogens is 1. The molecule has 0 unspecified atom stereocenters. The molecule has 3 aromatic carbocycles. The van der Waals surface area contributed by atoms with Gasteiger partial charge in [0.1, 0.15) is 11.3 Å². The highest BCUT2D eigenvalue weighted by molar-refractivity contribution is 7.90. The average molecular weight is 475 g/mol. The molecule has 0 saturated heterocycles. The van der Waals surface area contributed by atoms with Crippen molar-refractivity contribution in [2.24, 2.45) is 4.40 Å². The predicted molar refractivity (Wildman–Crippen MR) is 132 cm³/mol. The summed E-state index contributed by atoms with van der Waals surface area (Å²) in [6, 6.07) is 24.4. The van der Waals surface area contributed by atoms with Gasteiger partial charge in [-0.15, -0.1) is 15.7 Å². The van der Waals surface area contributed by atoms with E-state index in [1.165, 1.54) is 11.3 Å². The molecule has 166 valence electrons. The molecule has 0 bridgehead atoms. The molecule has 0 amide bonds. The van der Waals surface area contributed by atoms with Crippen LogP contribution in [-0.4, -0.2) is 13.0 Å². The second-order valence-electron chi connectivity index (χ2n) is 7.67. The normalized spacial score (nSPS) is 12.5. The number of thiazole rings is 1. The molecule has 33 heavy (non-hydrogen) atoms. The zero-order valence-electron chi connectivity index (χ0n) is 18.2. The summed E-state index contributed by atoms with van der Waals surface area (Å²) in [4.78, 5) is 0.555. The summed E-state index contributed by atoms with van der Waals surface area (Å²) < 4.78 is 38.5. The lowest BCUT2D eigenvalue weighted by molar-refractivity contribution is 0.579. The smallest absolute Gasteiger partial charge is 0.285 e. The van der Waals surface area contributed by atoms with Crippen molar-refractivity contribution in [3.63, 3.8) is 0 Å². The largest absolute Gasteiger partial charge is 0.461 e. The Bertz CT molecular complexity index is 1610. The second-order valence-corrected chi connectivity index (χ2v) is 10.1. The van der Waals surface area contributed by atoms with Crippen LogP contribution in [0.4, 0.5) is 0 Å². The van der Waals surface area contributed by atoms with Crippen molar-refractivity contribution in [2.45, 2.75) is 25.2 Å². The van der Waals surface area contributed by atoms with E-state index in [0.29, 0.717) is 4.80 Å². The van der Waals surface area contributed by atoms with Gasteiger partial charge in [0.2, 0.25) is 4.80 Å². The Morgan fingerprint density at radius 3 is 2.36 bits per heavy atom. The Morgan fingerprint density at radius 1 is 0.939 bits per heavy atom. The van der Waals surface area contributed by atoms with Crippen LogP contribution in [0, 0.1) is 6.92 Å². The summed E-state index contributed by atoms with van der Waals surface area (Å²) >= 11 is 1.29. The monoisotopic (exact) mass is 474 g/mol. The maximum atomic E-state index is 13.2. The van der Waals surface area contributed by atoms with E-state index in [1.807, 2.05) is 90.5 Å². The van der Waals surface area contributed by atoms with Crippen LogP contribution in [0.3, 0.4) is 0 Å². The maximum Gasteiger partial charge on any atom is 0.285 e. The van der Waals surface area contributed by atoms with Crippen LogP contribution >= 0.6 is 11.3 Å². The number of aryl methyl sites for hydroxylation is 2. The third-order valence-corrected chi connectivity index (χ3v) is 7.80. The number of nitrogens with zero attached hydrogens (tertiary/aromatic N) is 2. The number of para-hydroxylation sites is 2. The first kappa shape index (κ1) is 21.4. The number of furan rings is 1. The summed E-state index contributed by atoms with van der Waals surface area (Å²) in [5.41, 5.74) is 4.46. The Kier molecular flexibility index (Phi) is 5.52. The molecule has 5 nitrogen and oxygen atoms in total. The van der Waals surface area contributed by atoms with E-state index in [0.717, 1.165) is 45.7 Å². The molecule has 2 heterocycles. The topological polar surface area (TPSA) is 64.6 Å². The standard InChI is InChI=1S/C26H22N2O3S2/c1-3-19-13-15-21(16-14-19)33(29,30)27-26-28(20-9-5-4-6-10-20)23(17-32-26)25-18(2)31-24-12-8-7-11-22(24)25/h4-17H,3H2,1-2H3/b27-26+. The van der Waals surface area contributed by atoms with Crippen LogP contribution in [0.1, 0.15) is 18.2 Å². The number of fused-ring (bicyclic) bond motifs is 1. The average Bonchev–Trinajstić information content (AvgIpc) is 3.38. The van der Waals surface area contributed by atoms with Crippen molar-refractivity contribution in [2.75, 3.05) is 0 Å². The van der Waals surface area contributed by atoms with E-state index in [1.54, 1.807) is 12.1 Å². The van der Waals surface area contributed by atoms with E-state index in [4.69, 9.17) is 4.42 Å². The van der Waals surface area contributed by atoms with Gasteiger partial charge in [-0.3, -0.25) is 4.57 Å². The lowest BCUT2D eigenvalue weighted by Gasteiger charge is -2.09. The Hall–Kier alpha value is -3.42. The fourth-order valence-corrected chi connectivity index (χ4v) is 6.00. The zero-order valence-corrected chi connectivity index (χ0v) is 19.9. The highest BCUT2D eigenvalue weighted by Gasteiger charge is 2.20. The molecule has 5 aromatic rings. The SMILES string of the molecule is CCc1ccc(S(=O)(=O)/N=c2/scc(-c3c(C)oc4ccccc34)n2-c2ccccc2)cc1. The van der Waals surface area contributed by atoms with Crippen molar-refractivity contribution in [3.05, 3.63) is 100 Å². The molecule has 0 N–H and O–H groups in total. The van der Waals surface area contributed by atoms with Crippen LogP contribution in [0.2, 0.25) is 0 Å². The van der Waals surface area contributed by atoms with Crippen molar-refractivity contribution < 1.29 is 12.8 Å². The van der Waals surface area contributed by atoms with E-state index >= 15 is 0 Å². The molecule has 0 spiro atoms. The highest BCUT2D eigenvalue weighted by atomic mass is 32.2. The number of sulfonamides is 1. The third kappa shape index (κ3) is 3.94. The number of rotatable bonds is 5. The van der Waals surface area contributed by atoms with E-state index in [-0.39, 0.29) is 4.90 Å². The lowest BCUT2D eigenvalue weighted by Crippen LogP contribution is -2.16. The Labute approximate surface area is 196 Å². The molecular formula is C26H22N2O3S2. The number of hydrogen-bond acceptors (Lipinski definition) is 4. The van der Waals surface area contributed by atoms with Crippen molar-refractivity contribution in [1.29, 1.82) is 0 Å². The summed E-state index contributed by atoms with van der Waals surface area (Å²) in [5.74, 6) is 0.767. The molecule has 0 radical (unpaired) electrons. The minimum atomic E-state index is -3.89. The quantitative estimate of drug-likeness (QED) is 0.309. The summed E-state index contributed by atoms with van der Waals surface area (Å²) in [6.45, 7) is 3.95. The first-order valence-electron chi connectivity index (χ1n) is 10.6. The molecule has 0 saturated carbocycles. The van der Waals surface area contributed by atoms with Gasteiger partial charge >= 0.3 is 0 Å². The van der Waals surface area contributed by atoms with Crippen molar-refractivity contribution in [3.8, 4) is 16.9 Å². The molecular weight excluding hydrogens is 452 g/mol. The van der Waals surface area contributed by atoms with Crippen LogP contribution < -0.4 is 4.80 Å². The zero-order chi connectivity index (χ0) is 23.0. The first-order valence-corrected chi connectivity index (χ1v) is 12.9. The Morgan fingerprint density at radius 2 is 1.64 bits per heavy atom. The lowest BCUT2D eigenvalue weighted by atomic mass is 10.1. The van der Waals surface area contributed by atoms with Gasteiger partial charge in [-0.1, -0.05) is 55.5 Å². The molecule has 2 aromatic heterocycles. The van der Waals surface area contributed by atoms with Gasteiger partial charge in [0.15, 0.2) is 0 Å². The fourth-order valence-electron chi connectivity index (χ4n) is 3.92. The van der Waals surface area contributed by atoms with E-state index < -0.39 is 10.0 Å². The van der Waals surface area contributed by atoms with Crippen molar-refractivity contribution >= 4 is 32.3 Å². The number of benzene rings is 3. The second kappa shape index (κ2) is 8.50. The minimum absolute atomic E-state index is 0.180. The minimum Gasteiger partial charge on any atom is -0.461 e. The van der Waals surface area contributed by atoms with Gasteiger partial charge in [-0.05, 0) is 49.2 Å². The van der Waals surface area contributed by atoms with Crippen LogP contribution in [0.25, 0.3) is 27.9 Å². The summed E-state index contributed by atoms with van der Waals surface area (Å²) in [7, 11) is -3.89. The highest BCUT2D eigenvalue weighted by Crippen LogP contribution is 2.35. The van der Waals surface area contributed by atoms with Gasteiger partial charge in [0.05, 0.1) is 10.6 Å². The Balaban J connectivity index is 1.76. The van der Waals surface area contributed by atoms with Crippen LogP contribution in [0.5, 0.6) is 0 Å². The number of hydrogen-bond donors (Lipinski definition) is 0. The van der Waals surface area contributed by atoms with Gasteiger partial charge in [0.25, 0.3) is 10.0 Å². The molecule has 7 heteroatoms. The van der Waals surface area contributed by atoms with Crippen LogP contribution in [-0.2, 0) is 16.4 Å². The molecule has 0 aliphatic rings. The van der Waals surface area contributed by atoms with Crippen LogP contribution in [0.15, 0.2) is 98.0 Å². The predicted octanol–water partition coefficient (Wildman–Crippen LogP) is 6.11. The molecule has 0 fully saturated rings. The summed E-state index contributed by atoms with van der Waals surface area (Å²) in [5, 5.41) is 2.91. The van der Waals surface area contributed by atoms with E-state index in [9.17, 15) is 8.42 Å². The van der Waals surface area contributed by atoms with Gasteiger partial charge in [-0.2, -0.15) is 8.42 Å². The van der Waals surface area contributed by atoms with Crippen molar-refractivity contribution in [1.82, 2.24) is 4.57 Å². The maximum absolute atomic E-state index is 13.2. The van der Waals surface area contributed by atoms with Gasteiger partial charge in [-0.25, -0.2) is 0 Å². The molecule has 0 atom stereocenters. The third-order valence-electron chi connectivity index (χ3n) is 5.58. The first-order chi connectivity index (χ1) is 16.0. The summed E-state index contributed by atoms with van der Waals surface area (Å²) in [6.07, 6.45) is 0.845. The van der Waals surface area contributed by atoms with E-state index in [2.05, 4.69) is 4.40 Å². The molecule has 0 aliphatic heterocycles. The fraction of sp³-hybridized carbons (Fsp3) is 0.115. The van der Waals surface area contributed by atoms with Gasteiger partial charge < -0.3 is 4.42 Å².